The molecule has 2 amide bonds. The van der Waals surface area contributed by atoms with Crippen molar-refractivity contribution < 1.29 is 14.3 Å². The number of rotatable bonds is 8. The predicted octanol–water partition coefficient (Wildman–Crippen LogP) is 3.03. The summed E-state index contributed by atoms with van der Waals surface area (Å²) in [6, 6.07) is 17.7. The lowest BCUT2D eigenvalue weighted by atomic mass is 9.73. The molecule has 2 aromatic rings. The summed E-state index contributed by atoms with van der Waals surface area (Å²) >= 11 is 0. The van der Waals surface area contributed by atoms with Gasteiger partial charge in [-0.2, -0.15) is 0 Å². The minimum Gasteiger partial charge on any atom is -0.383 e. The van der Waals surface area contributed by atoms with E-state index in [1.54, 1.807) is 24.0 Å². The highest BCUT2D eigenvalue weighted by atomic mass is 16.5. The highest BCUT2D eigenvalue weighted by Crippen LogP contribution is 2.45. The molecule has 0 spiro atoms. The van der Waals surface area contributed by atoms with Crippen LogP contribution in [-0.4, -0.2) is 50.6 Å². The number of ether oxygens (including phenoxy) is 1. The summed E-state index contributed by atoms with van der Waals surface area (Å²) in [5.41, 5.74) is 1.98. The Bertz CT molecular complexity index is 837. The Morgan fingerprint density at radius 1 is 1.11 bits per heavy atom. The number of hydrogen-bond acceptors (Lipinski definition) is 3. The predicted molar refractivity (Wildman–Crippen MR) is 110 cm³/mol. The third kappa shape index (κ3) is 3.67. The van der Waals surface area contributed by atoms with E-state index in [-0.39, 0.29) is 18.2 Å². The molecule has 148 valence electrons. The van der Waals surface area contributed by atoms with Gasteiger partial charge in [0.15, 0.2) is 0 Å². The van der Waals surface area contributed by atoms with Crippen LogP contribution in [0.15, 0.2) is 54.6 Å². The number of carbonyl (C=O) groups excluding carboxylic acids is 2. The maximum atomic E-state index is 13.5. The molecule has 0 aromatic heterocycles. The molecule has 0 N–H and O–H groups in total. The number of hydrogen-bond donors (Lipinski definition) is 0. The second kappa shape index (κ2) is 8.57. The third-order valence-corrected chi connectivity index (χ3v) is 5.60. The van der Waals surface area contributed by atoms with Gasteiger partial charge in [0.1, 0.15) is 0 Å². The molecule has 0 radical (unpaired) electrons. The zero-order valence-electron chi connectivity index (χ0n) is 16.9. The number of para-hydroxylation sites is 1. The van der Waals surface area contributed by atoms with E-state index in [1.807, 2.05) is 61.5 Å². The molecule has 1 atom stereocenters. The van der Waals surface area contributed by atoms with Crippen molar-refractivity contribution in [3.05, 3.63) is 65.7 Å². The zero-order chi connectivity index (χ0) is 20.1. The van der Waals surface area contributed by atoms with Crippen LogP contribution in [0.25, 0.3) is 0 Å². The fourth-order valence-corrected chi connectivity index (χ4v) is 4.10. The van der Waals surface area contributed by atoms with Crippen molar-refractivity contribution >= 4 is 17.5 Å². The zero-order valence-corrected chi connectivity index (χ0v) is 16.9. The molecule has 0 saturated heterocycles. The number of anilines is 1. The lowest BCUT2D eigenvalue weighted by Gasteiger charge is -2.31. The van der Waals surface area contributed by atoms with Gasteiger partial charge in [-0.05, 0) is 30.5 Å². The van der Waals surface area contributed by atoms with Crippen molar-refractivity contribution in [3.63, 3.8) is 0 Å². The van der Waals surface area contributed by atoms with E-state index in [9.17, 15) is 9.59 Å². The molecule has 0 saturated carbocycles. The maximum Gasteiger partial charge on any atom is 0.238 e. The summed E-state index contributed by atoms with van der Waals surface area (Å²) in [5.74, 6) is -0.0392. The minimum atomic E-state index is -0.885. The van der Waals surface area contributed by atoms with Crippen molar-refractivity contribution in [2.45, 2.75) is 25.2 Å². The van der Waals surface area contributed by atoms with Crippen molar-refractivity contribution in [2.24, 2.45) is 0 Å². The van der Waals surface area contributed by atoms with Gasteiger partial charge in [0.25, 0.3) is 0 Å². The molecule has 1 aliphatic heterocycles. The van der Waals surface area contributed by atoms with Gasteiger partial charge in [-0.15, -0.1) is 0 Å². The Balaban J connectivity index is 2.01. The van der Waals surface area contributed by atoms with Crippen LogP contribution >= 0.6 is 0 Å². The Morgan fingerprint density at radius 3 is 2.46 bits per heavy atom. The summed E-state index contributed by atoms with van der Waals surface area (Å²) in [6.45, 7) is 3.55. The Hall–Kier alpha value is -2.66. The number of amides is 2. The highest BCUT2D eigenvalue weighted by Gasteiger charge is 2.51. The average molecular weight is 380 g/mol. The second-order valence-corrected chi connectivity index (χ2v) is 7.27. The van der Waals surface area contributed by atoms with E-state index in [0.717, 1.165) is 16.8 Å². The van der Waals surface area contributed by atoms with Crippen LogP contribution < -0.4 is 4.90 Å². The molecule has 5 nitrogen and oxygen atoms in total. The highest BCUT2D eigenvalue weighted by molar-refractivity contribution is 6.09. The largest absolute Gasteiger partial charge is 0.383 e. The molecular weight excluding hydrogens is 352 g/mol. The first-order valence-corrected chi connectivity index (χ1v) is 9.72. The number of carbonyl (C=O) groups is 2. The van der Waals surface area contributed by atoms with Crippen LogP contribution in [-0.2, 0) is 26.2 Å². The monoisotopic (exact) mass is 380 g/mol. The van der Waals surface area contributed by atoms with Crippen LogP contribution in [0.1, 0.15) is 24.5 Å². The van der Waals surface area contributed by atoms with Gasteiger partial charge < -0.3 is 14.5 Å². The van der Waals surface area contributed by atoms with Gasteiger partial charge in [0.2, 0.25) is 11.8 Å². The van der Waals surface area contributed by atoms with E-state index in [4.69, 9.17) is 4.74 Å². The Kier molecular flexibility index (Phi) is 6.15. The van der Waals surface area contributed by atoms with Gasteiger partial charge in [0, 0.05) is 39.4 Å². The molecule has 0 bridgehead atoms. The van der Waals surface area contributed by atoms with Crippen molar-refractivity contribution in [1.82, 2.24) is 4.90 Å². The number of nitrogens with zero attached hydrogens (tertiary/aromatic N) is 2. The first kappa shape index (κ1) is 20.1. The molecular formula is C23H28N2O3. The quantitative estimate of drug-likeness (QED) is 0.707. The molecule has 2 aromatic carbocycles. The SMILES string of the molecule is CCN(CCOC)C(=O)CC1(Cc2ccccc2)C(=O)N(C)c2ccccc21. The lowest BCUT2D eigenvalue weighted by molar-refractivity contribution is -0.136. The lowest BCUT2D eigenvalue weighted by Crippen LogP contribution is -2.46. The van der Waals surface area contributed by atoms with Gasteiger partial charge in [-0.25, -0.2) is 0 Å². The van der Waals surface area contributed by atoms with Gasteiger partial charge in [-0.1, -0.05) is 48.5 Å². The summed E-state index contributed by atoms with van der Waals surface area (Å²) in [5, 5.41) is 0. The molecule has 1 aliphatic rings. The second-order valence-electron chi connectivity index (χ2n) is 7.27. The summed E-state index contributed by atoms with van der Waals surface area (Å²) in [7, 11) is 3.42. The summed E-state index contributed by atoms with van der Waals surface area (Å²) in [4.78, 5) is 30.1. The first-order chi connectivity index (χ1) is 13.5. The molecule has 3 rings (SSSR count). The normalized spacial score (nSPS) is 18.2. The van der Waals surface area contributed by atoms with Gasteiger partial charge >= 0.3 is 0 Å². The maximum absolute atomic E-state index is 13.5. The van der Waals surface area contributed by atoms with Crippen LogP contribution in [0, 0.1) is 0 Å². The average Bonchev–Trinajstić information content (AvgIpc) is 2.92. The smallest absolute Gasteiger partial charge is 0.238 e. The number of likely N-dealkylation sites (N-methyl/N-ethyl adjacent to an activating group) is 2. The first-order valence-electron chi connectivity index (χ1n) is 9.72. The molecule has 0 aliphatic carbocycles. The number of methoxy groups -OCH3 is 1. The van der Waals surface area contributed by atoms with Gasteiger partial charge in [0.05, 0.1) is 12.0 Å². The molecule has 1 heterocycles. The summed E-state index contributed by atoms with van der Waals surface area (Å²) < 4.78 is 5.14. The Morgan fingerprint density at radius 2 is 1.79 bits per heavy atom. The van der Waals surface area contributed by atoms with Crippen molar-refractivity contribution in [2.75, 3.05) is 38.8 Å². The van der Waals surface area contributed by atoms with Crippen LogP contribution in [0.4, 0.5) is 5.69 Å². The fourth-order valence-electron chi connectivity index (χ4n) is 4.10. The Labute approximate surface area is 166 Å². The van der Waals surface area contributed by atoms with E-state index in [1.165, 1.54) is 0 Å². The molecule has 5 heteroatoms. The van der Waals surface area contributed by atoms with Crippen molar-refractivity contribution in [1.29, 1.82) is 0 Å². The summed E-state index contributed by atoms with van der Waals surface area (Å²) in [6.07, 6.45) is 0.654. The molecule has 1 unspecified atom stereocenters. The van der Waals surface area contributed by atoms with E-state index in [0.29, 0.717) is 26.1 Å². The standard InChI is InChI=1S/C23H28N2O3/c1-4-25(14-15-28-3)21(26)17-23(16-18-10-6-5-7-11-18)19-12-8-9-13-20(19)24(2)22(23)27/h5-13H,4,14-17H2,1-3H3. The number of fused-ring (bicyclic) bond motifs is 1. The third-order valence-electron chi connectivity index (χ3n) is 5.60. The molecule has 0 fully saturated rings. The number of benzene rings is 2. The van der Waals surface area contributed by atoms with Crippen LogP contribution in [0.5, 0.6) is 0 Å². The fraction of sp³-hybridized carbons (Fsp3) is 0.391. The van der Waals surface area contributed by atoms with Crippen molar-refractivity contribution in [3.8, 4) is 0 Å². The van der Waals surface area contributed by atoms with Gasteiger partial charge in [-0.3, -0.25) is 9.59 Å². The minimum absolute atomic E-state index is 0.0195. The topological polar surface area (TPSA) is 49.9 Å². The van der Waals surface area contributed by atoms with Crippen LogP contribution in [0.3, 0.4) is 0 Å². The van der Waals surface area contributed by atoms with Crippen LogP contribution in [0.2, 0.25) is 0 Å². The van der Waals surface area contributed by atoms with E-state index in [2.05, 4.69) is 0 Å². The molecule has 28 heavy (non-hydrogen) atoms. The van der Waals surface area contributed by atoms with E-state index >= 15 is 0 Å². The van der Waals surface area contributed by atoms with E-state index < -0.39 is 5.41 Å².